The number of ether oxygens (including phenoxy) is 6. The molecule has 160 valence electrons. The van der Waals surface area contributed by atoms with E-state index in [2.05, 4.69) is 0 Å². The number of rotatable bonds is 8. The van der Waals surface area contributed by atoms with Crippen molar-refractivity contribution >= 4 is 11.9 Å². The zero-order chi connectivity index (χ0) is 21.0. The molecule has 0 N–H and O–H groups in total. The van der Waals surface area contributed by atoms with Gasteiger partial charge in [0.05, 0.1) is 13.2 Å². The number of benzene rings is 1. The Balaban J connectivity index is 1.75. The smallest absolute Gasteiger partial charge is 0.302 e. The van der Waals surface area contributed by atoms with Gasteiger partial charge in [-0.25, -0.2) is 0 Å². The standard InChI is InChI=1S/C21H28O8/c1-13(22)24-11-10-16(26-14(2)23)17-18(25-12-15-8-6-5-7-9-15)19-20(27-17)29-21(3,4)28-19/h5-9,16-20H,10-12H2,1-4H3/t16-,17-,18+,19-,20-/m1/s1. The molecule has 2 fully saturated rings. The lowest BCUT2D eigenvalue weighted by molar-refractivity contribution is -0.234. The van der Waals surface area contributed by atoms with Crippen molar-refractivity contribution in [3.8, 4) is 0 Å². The molecule has 0 amide bonds. The summed E-state index contributed by atoms with van der Waals surface area (Å²) in [7, 11) is 0. The summed E-state index contributed by atoms with van der Waals surface area (Å²) in [5.74, 6) is -1.66. The van der Waals surface area contributed by atoms with E-state index in [0.717, 1.165) is 5.56 Å². The minimum atomic E-state index is -0.802. The van der Waals surface area contributed by atoms with Crippen molar-refractivity contribution in [1.82, 2.24) is 0 Å². The third kappa shape index (κ3) is 5.76. The fourth-order valence-corrected chi connectivity index (χ4v) is 3.58. The van der Waals surface area contributed by atoms with Crippen molar-refractivity contribution in [2.45, 2.75) is 77.2 Å². The summed E-state index contributed by atoms with van der Waals surface area (Å²) in [6, 6.07) is 9.72. The Bertz CT molecular complexity index is 704. The Morgan fingerprint density at radius 2 is 1.83 bits per heavy atom. The first-order chi connectivity index (χ1) is 13.7. The van der Waals surface area contributed by atoms with E-state index in [1.54, 1.807) is 0 Å². The lowest BCUT2D eigenvalue weighted by atomic mass is 10.0. The van der Waals surface area contributed by atoms with E-state index in [1.807, 2.05) is 44.2 Å². The van der Waals surface area contributed by atoms with Gasteiger partial charge in [0.25, 0.3) is 0 Å². The molecule has 3 rings (SSSR count). The fraction of sp³-hybridized carbons (Fsp3) is 0.619. The predicted molar refractivity (Wildman–Crippen MR) is 101 cm³/mol. The lowest BCUT2D eigenvalue weighted by Gasteiger charge is -2.30. The Labute approximate surface area is 170 Å². The number of carbonyl (C=O) groups is 2. The van der Waals surface area contributed by atoms with Gasteiger partial charge in [0.2, 0.25) is 0 Å². The predicted octanol–water partition coefficient (Wildman–Crippen LogP) is 2.33. The number of hydrogen-bond acceptors (Lipinski definition) is 8. The summed E-state index contributed by atoms with van der Waals surface area (Å²) in [6.45, 7) is 6.71. The van der Waals surface area contributed by atoms with E-state index < -0.39 is 48.4 Å². The van der Waals surface area contributed by atoms with Gasteiger partial charge in [0.15, 0.2) is 12.1 Å². The SMILES string of the molecule is CC(=O)OCC[C@@H](OC(C)=O)[C@H]1O[C@@H]2OC(C)(C)O[C@@H]2[C@H]1OCc1ccccc1. The molecule has 0 saturated carbocycles. The quantitative estimate of drug-likeness (QED) is 0.606. The molecular weight excluding hydrogens is 380 g/mol. The second kappa shape index (κ2) is 9.21. The highest BCUT2D eigenvalue weighted by Gasteiger charge is 2.57. The van der Waals surface area contributed by atoms with Crippen LogP contribution in [0.3, 0.4) is 0 Å². The van der Waals surface area contributed by atoms with Crippen LogP contribution in [0.5, 0.6) is 0 Å². The van der Waals surface area contributed by atoms with Gasteiger partial charge in [0.1, 0.15) is 24.4 Å². The molecule has 0 spiro atoms. The van der Waals surface area contributed by atoms with E-state index in [-0.39, 0.29) is 13.0 Å². The van der Waals surface area contributed by atoms with Gasteiger partial charge in [-0.05, 0) is 19.4 Å². The van der Waals surface area contributed by atoms with E-state index >= 15 is 0 Å². The Hall–Kier alpha value is -2.00. The van der Waals surface area contributed by atoms with Crippen LogP contribution in [0.2, 0.25) is 0 Å². The molecule has 2 aliphatic rings. The topological polar surface area (TPSA) is 89.5 Å². The number of carbonyl (C=O) groups excluding carboxylic acids is 2. The zero-order valence-corrected chi connectivity index (χ0v) is 17.2. The van der Waals surface area contributed by atoms with Crippen LogP contribution in [0.1, 0.15) is 39.7 Å². The highest BCUT2D eigenvalue weighted by Crippen LogP contribution is 2.40. The van der Waals surface area contributed by atoms with Crippen molar-refractivity contribution in [2.75, 3.05) is 6.61 Å². The number of esters is 2. The molecule has 0 radical (unpaired) electrons. The summed E-state index contributed by atoms with van der Waals surface area (Å²) in [4.78, 5) is 22.8. The van der Waals surface area contributed by atoms with Crippen LogP contribution in [0.25, 0.3) is 0 Å². The summed E-state index contributed by atoms with van der Waals surface area (Å²) >= 11 is 0. The molecular formula is C21H28O8. The number of hydrogen-bond donors (Lipinski definition) is 0. The molecule has 0 unspecified atom stereocenters. The van der Waals surface area contributed by atoms with Crippen LogP contribution in [0, 0.1) is 0 Å². The summed E-state index contributed by atoms with van der Waals surface area (Å²) < 4.78 is 34.5. The van der Waals surface area contributed by atoms with Crippen molar-refractivity contribution < 1.29 is 38.0 Å². The summed E-state index contributed by atoms with van der Waals surface area (Å²) in [5, 5.41) is 0. The van der Waals surface area contributed by atoms with Gasteiger partial charge in [-0.15, -0.1) is 0 Å². The molecule has 8 heteroatoms. The molecule has 5 atom stereocenters. The van der Waals surface area contributed by atoms with Crippen LogP contribution < -0.4 is 0 Å². The molecule has 2 heterocycles. The van der Waals surface area contributed by atoms with Crippen LogP contribution in [0.15, 0.2) is 30.3 Å². The highest BCUT2D eigenvalue weighted by atomic mass is 16.8. The van der Waals surface area contributed by atoms with Gasteiger partial charge in [-0.2, -0.15) is 0 Å². The van der Waals surface area contributed by atoms with Crippen molar-refractivity contribution in [2.24, 2.45) is 0 Å². The zero-order valence-electron chi connectivity index (χ0n) is 17.2. The average Bonchev–Trinajstić information content (AvgIpc) is 3.11. The molecule has 2 aliphatic heterocycles. The normalized spacial score (nSPS) is 28.6. The van der Waals surface area contributed by atoms with E-state index in [0.29, 0.717) is 6.61 Å². The molecule has 1 aromatic carbocycles. The molecule has 0 aromatic heterocycles. The van der Waals surface area contributed by atoms with Crippen LogP contribution in [-0.2, 0) is 44.6 Å². The monoisotopic (exact) mass is 408 g/mol. The third-order valence-electron chi connectivity index (χ3n) is 4.70. The first-order valence-corrected chi connectivity index (χ1v) is 9.72. The van der Waals surface area contributed by atoms with Crippen molar-refractivity contribution in [3.05, 3.63) is 35.9 Å². The van der Waals surface area contributed by atoms with E-state index in [1.165, 1.54) is 13.8 Å². The maximum absolute atomic E-state index is 11.7. The van der Waals surface area contributed by atoms with Crippen LogP contribution in [0.4, 0.5) is 0 Å². The van der Waals surface area contributed by atoms with Gasteiger partial charge in [0, 0.05) is 20.3 Å². The van der Waals surface area contributed by atoms with Crippen molar-refractivity contribution in [1.29, 1.82) is 0 Å². The van der Waals surface area contributed by atoms with Gasteiger partial charge >= 0.3 is 11.9 Å². The summed E-state index contributed by atoms with van der Waals surface area (Å²) in [5.41, 5.74) is 0.997. The maximum Gasteiger partial charge on any atom is 0.302 e. The second-order valence-electron chi connectivity index (χ2n) is 7.61. The molecule has 0 aliphatic carbocycles. The van der Waals surface area contributed by atoms with Gasteiger partial charge in [-0.3, -0.25) is 9.59 Å². The van der Waals surface area contributed by atoms with Gasteiger partial charge < -0.3 is 28.4 Å². The largest absolute Gasteiger partial charge is 0.466 e. The average molecular weight is 408 g/mol. The first-order valence-electron chi connectivity index (χ1n) is 9.72. The van der Waals surface area contributed by atoms with E-state index in [9.17, 15) is 9.59 Å². The minimum absolute atomic E-state index is 0.0983. The van der Waals surface area contributed by atoms with Crippen molar-refractivity contribution in [3.63, 3.8) is 0 Å². The molecule has 1 aromatic rings. The number of fused-ring (bicyclic) bond motifs is 1. The van der Waals surface area contributed by atoms with Crippen LogP contribution in [-0.4, -0.2) is 55.0 Å². The van der Waals surface area contributed by atoms with Crippen LogP contribution >= 0.6 is 0 Å². The Morgan fingerprint density at radius 1 is 1.10 bits per heavy atom. The fourth-order valence-electron chi connectivity index (χ4n) is 3.58. The molecule has 29 heavy (non-hydrogen) atoms. The molecule has 8 nitrogen and oxygen atoms in total. The Morgan fingerprint density at radius 3 is 2.48 bits per heavy atom. The highest BCUT2D eigenvalue weighted by molar-refractivity contribution is 5.66. The Kier molecular flexibility index (Phi) is 6.89. The third-order valence-corrected chi connectivity index (χ3v) is 4.70. The maximum atomic E-state index is 11.7. The lowest BCUT2D eigenvalue weighted by Crippen LogP contribution is -2.44. The second-order valence-corrected chi connectivity index (χ2v) is 7.61. The summed E-state index contributed by atoms with van der Waals surface area (Å²) in [6.07, 6.45) is -2.65. The first kappa shape index (κ1) is 21.7. The van der Waals surface area contributed by atoms with E-state index in [4.69, 9.17) is 28.4 Å². The van der Waals surface area contributed by atoms with Gasteiger partial charge in [-0.1, -0.05) is 30.3 Å². The molecule has 2 saturated heterocycles. The molecule has 0 bridgehead atoms. The minimum Gasteiger partial charge on any atom is -0.466 e.